The third-order valence-electron chi connectivity index (χ3n) is 4.86. The van der Waals surface area contributed by atoms with Crippen molar-refractivity contribution in [2.24, 2.45) is 0 Å². The number of nitrogens with one attached hydrogen (secondary N) is 2. The van der Waals surface area contributed by atoms with Crippen molar-refractivity contribution in [1.82, 2.24) is 5.32 Å². The van der Waals surface area contributed by atoms with Crippen molar-refractivity contribution in [2.45, 2.75) is 45.1 Å². The van der Waals surface area contributed by atoms with E-state index in [1.807, 2.05) is 31.2 Å². The predicted octanol–water partition coefficient (Wildman–Crippen LogP) is 4.71. The molecule has 4 nitrogen and oxygen atoms in total. The van der Waals surface area contributed by atoms with Crippen LogP contribution in [0, 0.1) is 6.92 Å². The molecule has 0 heterocycles. The molecule has 0 bridgehead atoms. The van der Waals surface area contributed by atoms with E-state index in [1.54, 1.807) is 30.3 Å². The summed E-state index contributed by atoms with van der Waals surface area (Å²) in [6.45, 7) is 2.03. The minimum Gasteiger partial charge on any atom is -0.349 e. The van der Waals surface area contributed by atoms with Gasteiger partial charge in [-0.3, -0.25) is 9.59 Å². The van der Waals surface area contributed by atoms with Crippen molar-refractivity contribution in [3.63, 3.8) is 0 Å². The Hall–Kier alpha value is -2.88. The Kier molecular flexibility index (Phi) is 6.42. The first-order valence-corrected chi connectivity index (χ1v) is 9.57. The Morgan fingerprint density at radius 2 is 1.59 bits per heavy atom. The minimum atomic E-state index is -0.199. The SMILES string of the molecule is Cc1ccc(/C=C/C(=O)Nc2ccc(C(=O)NC3CCCCC3)cc2)cc1. The fourth-order valence-electron chi connectivity index (χ4n) is 3.25. The minimum absolute atomic E-state index is 0.0426. The molecule has 1 aliphatic rings. The van der Waals surface area contributed by atoms with Gasteiger partial charge in [0.05, 0.1) is 0 Å². The fraction of sp³-hybridized carbons (Fsp3) is 0.304. The molecule has 140 valence electrons. The van der Waals surface area contributed by atoms with Crippen LogP contribution < -0.4 is 10.6 Å². The van der Waals surface area contributed by atoms with E-state index in [4.69, 9.17) is 0 Å². The molecule has 1 saturated carbocycles. The fourth-order valence-corrected chi connectivity index (χ4v) is 3.25. The molecule has 4 heteroatoms. The number of amides is 2. The second kappa shape index (κ2) is 9.17. The second-order valence-electron chi connectivity index (χ2n) is 7.12. The Morgan fingerprint density at radius 1 is 0.926 bits per heavy atom. The molecule has 0 atom stereocenters. The number of benzene rings is 2. The summed E-state index contributed by atoms with van der Waals surface area (Å²) in [4.78, 5) is 24.4. The number of carbonyl (C=O) groups excluding carboxylic acids is 2. The van der Waals surface area contributed by atoms with Gasteiger partial charge in [-0.25, -0.2) is 0 Å². The third-order valence-corrected chi connectivity index (χ3v) is 4.86. The molecule has 3 rings (SSSR count). The van der Waals surface area contributed by atoms with E-state index in [0.29, 0.717) is 11.3 Å². The number of hydrogen-bond donors (Lipinski definition) is 2. The predicted molar refractivity (Wildman–Crippen MR) is 110 cm³/mol. The monoisotopic (exact) mass is 362 g/mol. The number of hydrogen-bond acceptors (Lipinski definition) is 2. The lowest BCUT2D eigenvalue weighted by molar-refractivity contribution is -0.111. The van der Waals surface area contributed by atoms with Crippen molar-refractivity contribution in [3.8, 4) is 0 Å². The van der Waals surface area contributed by atoms with Crippen LogP contribution in [0.2, 0.25) is 0 Å². The van der Waals surface area contributed by atoms with E-state index >= 15 is 0 Å². The molecule has 27 heavy (non-hydrogen) atoms. The quantitative estimate of drug-likeness (QED) is 0.757. The highest BCUT2D eigenvalue weighted by Gasteiger charge is 2.16. The molecular weight excluding hydrogens is 336 g/mol. The molecule has 2 aromatic carbocycles. The summed E-state index contributed by atoms with van der Waals surface area (Å²) in [5, 5.41) is 5.91. The van der Waals surface area contributed by atoms with E-state index in [9.17, 15) is 9.59 Å². The maximum Gasteiger partial charge on any atom is 0.251 e. The molecule has 0 radical (unpaired) electrons. The maximum atomic E-state index is 12.3. The topological polar surface area (TPSA) is 58.2 Å². The van der Waals surface area contributed by atoms with Gasteiger partial charge in [0.1, 0.15) is 0 Å². The van der Waals surface area contributed by atoms with Gasteiger partial charge >= 0.3 is 0 Å². The van der Waals surface area contributed by atoms with Crippen LogP contribution in [0.5, 0.6) is 0 Å². The summed E-state index contributed by atoms with van der Waals surface area (Å²) in [6.07, 6.45) is 9.05. The van der Waals surface area contributed by atoms with Gasteiger partial charge in [-0.1, -0.05) is 49.1 Å². The van der Waals surface area contributed by atoms with E-state index in [2.05, 4.69) is 10.6 Å². The lowest BCUT2D eigenvalue weighted by Crippen LogP contribution is -2.36. The lowest BCUT2D eigenvalue weighted by atomic mass is 9.95. The highest BCUT2D eigenvalue weighted by atomic mass is 16.2. The maximum absolute atomic E-state index is 12.3. The Bertz CT molecular complexity index is 801. The molecule has 0 saturated heterocycles. The Morgan fingerprint density at radius 3 is 2.26 bits per heavy atom. The van der Waals surface area contributed by atoms with Crippen LogP contribution in [-0.2, 0) is 4.79 Å². The van der Waals surface area contributed by atoms with Crippen molar-refractivity contribution >= 4 is 23.6 Å². The van der Waals surface area contributed by atoms with Crippen LogP contribution in [0.4, 0.5) is 5.69 Å². The molecule has 1 aliphatic carbocycles. The first-order valence-electron chi connectivity index (χ1n) is 9.57. The molecule has 0 unspecified atom stereocenters. The summed E-state index contributed by atoms with van der Waals surface area (Å²) in [7, 11) is 0. The van der Waals surface area contributed by atoms with Gasteiger partial charge in [-0.2, -0.15) is 0 Å². The average molecular weight is 362 g/mol. The normalized spacial score (nSPS) is 14.9. The number of anilines is 1. The third kappa shape index (κ3) is 5.81. The number of carbonyl (C=O) groups is 2. The molecule has 0 aliphatic heterocycles. The zero-order valence-corrected chi connectivity index (χ0v) is 15.7. The number of aryl methyl sites for hydroxylation is 1. The van der Waals surface area contributed by atoms with E-state index in [-0.39, 0.29) is 17.9 Å². The Labute approximate surface area is 160 Å². The van der Waals surface area contributed by atoms with Crippen molar-refractivity contribution in [1.29, 1.82) is 0 Å². The summed E-state index contributed by atoms with van der Waals surface area (Å²) >= 11 is 0. The average Bonchev–Trinajstić information content (AvgIpc) is 2.69. The van der Waals surface area contributed by atoms with Crippen molar-refractivity contribution < 1.29 is 9.59 Å². The molecule has 1 fully saturated rings. The van der Waals surface area contributed by atoms with E-state index in [0.717, 1.165) is 18.4 Å². The van der Waals surface area contributed by atoms with Crippen molar-refractivity contribution in [2.75, 3.05) is 5.32 Å². The zero-order valence-electron chi connectivity index (χ0n) is 15.7. The molecule has 0 spiro atoms. The van der Waals surface area contributed by atoms with Gasteiger partial charge in [0.15, 0.2) is 0 Å². The molecule has 0 aromatic heterocycles. The molecular formula is C23H26N2O2. The van der Waals surface area contributed by atoms with Crippen LogP contribution in [0.3, 0.4) is 0 Å². The van der Waals surface area contributed by atoms with Crippen LogP contribution in [-0.4, -0.2) is 17.9 Å². The second-order valence-corrected chi connectivity index (χ2v) is 7.12. The van der Waals surface area contributed by atoms with Crippen LogP contribution >= 0.6 is 0 Å². The van der Waals surface area contributed by atoms with Gasteiger partial charge in [0, 0.05) is 23.4 Å². The first kappa shape index (κ1) is 18.9. The van der Waals surface area contributed by atoms with E-state index < -0.39 is 0 Å². The summed E-state index contributed by atoms with van der Waals surface area (Å²) in [5.74, 6) is -0.242. The van der Waals surface area contributed by atoms with Crippen LogP contribution in [0.25, 0.3) is 6.08 Å². The lowest BCUT2D eigenvalue weighted by Gasteiger charge is -2.22. The summed E-state index contributed by atoms with van der Waals surface area (Å²) < 4.78 is 0. The summed E-state index contributed by atoms with van der Waals surface area (Å²) in [5.41, 5.74) is 3.45. The standard InChI is InChI=1S/C23H26N2O2/c1-17-7-9-18(10-8-17)11-16-22(26)24-21-14-12-19(13-15-21)23(27)25-20-5-3-2-4-6-20/h7-16,20H,2-6H2,1H3,(H,24,26)(H,25,27)/b16-11+. The number of rotatable bonds is 5. The zero-order chi connectivity index (χ0) is 19.1. The van der Waals surface area contributed by atoms with Gasteiger partial charge in [-0.15, -0.1) is 0 Å². The van der Waals surface area contributed by atoms with Crippen LogP contribution in [0.15, 0.2) is 54.6 Å². The van der Waals surface area contributed by atoms with Crippen LogP contribution in [0.1, 0.15) is 53.6 Å². The molecule has 2 amide bonds. The smallest absolute Gasteiger partial charge is 0.251 e. The summed E-state index contributed by atoms with van der Waals surface area (Å²) in [6, 6.07) is 15.3. The van der Waals surface area contributed by atoms with Gasteiger partial charge in [0.2, 0.25) is 5.91 Å². The Balaban J connectivity index is 1.52. The highest BCUT2D eigenvalue weighted by Crippen LogP contribution is 2.18. The van der Waals surface area contributed by atoms with Crippen molar-refractivity contribution in [3.05, 3.63) is 71.3 Å². The largest absolute Gasteiger partial charge is 0.349 e. The van der Waals surface area contributed by atoms with Gasteiger partial charge in [-0.05, 0) is 55.7 Å². The van der Waals surface area contributed by atoms with E-state index in [1.165, 1.54) is 30.9 Å². The highest BCUT2D eigenvalue weighted by molar-refractivity contribution is 6.02. The van der Waals surface area contributed by atoms with Gasteiger partial charge in [0.25, 0.3) is 5.91 Å². The molecule has 2 N–H and O–H groups in total. The molecule has 2 aromatic rings. The first-order chi connectivity index (χ1) is 13.1. The van der Waals surface area contributed by atoms with Gasteiger partial charge < -0.3 is 10.6 Å².